The van der Waals surface area contributed by atoms with Gasteiger partial charge in [-0.05, 0) is 63.1 Å². The third kappa shape index (κ3) is 6.51. The number of aromatic nitrogens is 2. The quantitative estimate of drug-likeness (QED) is 0.325. The Balaban J connectivity index is 1.24. The van der Waals surface area contributed by atoms with Gasteiger partial charge in [-0.15, -0.1) is 0 Å². The molecule has 3 N–H and O–H groups in total. The second kappa shape index (κ2) is 12.5. The van der Waals surface area contributed by atoms with Crippen LogP contribution in [0.25, 0.3) is 0 Å². The molecule has 2 fully saturated rings. The number of nitrogens with one attached hydrogen (secondary N) is 2. The average Bonchev–Trinajstić information content (AvgIpc) is 3.40. The van der Waals surface area contributed by atoms with E-state index in [1.54, 1.807) is 0 Å². The average molecular weight is 629 g/mol. The minimum absolute atomic E-state index is 0.0414. The molecular formula is C31H38F2N6O4S. The Morgan fingerprint density at radius 1 is 1.02 bits per heavy atom. The molecular weight excluding hydrogens is 590 g/mol. The molecule has 3 aromatic rings. The number of aromatic amines is 1. The van der Waals surface area contributed by atoms with Crippen molar-refractivity contribution in [3.05, 3.63) is 70.5 Å². The molecule has 10 nitrogen and oxygen atoms in total. The van der Waals surface area contributed by atoms with Gasteiger partial charge in [-0.25, -0.2) is 17.2 Å². The third-order valence-corrected chi connectivity index (χ3v) is 10.8. The molecule has 2 aliphatic heterocycles. The largest absolute Gasteiger partial charge is 0.393 e. The van der Waals surface area contributed by atoms with Crippen LogP contribution in [0, 0.1) is 11.6 Å². The first-order valence-corrected chi connectivity index (χ1v) is 16.6. The van der Waals surface area contributed by atoms with Crippen LogP contribution in [-0.4, -0.2) is 90.6 Å². The lowest BCUT2D eigenvalue weighted by Gasteiger charge is -2.35. The molecule has 0 unspecified atom stereocenters. The predicted molar refractivity (Wildman–Crippen MR) is 162 cm³/mol. The van der Waals surface area contributed by atoms with Gasteiger partial charge in [0.15, 0.2) is 5.78 Å². The summed E-state index contributed by atoms with van der Waals surface area (Å²) in [6.07, 6.45) is 3.02. The van der Waals surface area contributed by atoms with Gasteiger partial charge in [0, 0.05) is 86.0 Å². The summed E-state index contributed by atoms with van der Waals surface area (Å²) in [6, 6.07) is 8.24. The minimum atomic E-state index is -4.18. The van der Waals surface area contributed by atoms with E-state index >= 15 is 0 Å². The molecule has 0 atom stereocenters. The van der Waals surface area contributed by atoms with Crippen LogP contribution in [-0.2, 0) is 29.4 Å². The summed E-state index contributed by atoms with van der Waals surface area (Å²) in [5.74, 6) is -2.10. The van der Waals surface area contributed by atoms with Crippen LogP contribution in [0.4, 0.5) is 20.2 Å². The number of fused-ring (bicyclic) bond motifs is 1. The Bertz CT molecular complexity index is 1610. The number of halogens is 2. The zero-order chi connectivity index (χ0) is 31.0. The number of benzene rings is 2. The number of hydrogen-bond donors (Lipinski definition) is 3. The number of rotatable bonds is 8. The summed E-state index contributed by atoms with van der Waals surface area (Å²) in [6.45, 7) is 3.73. The summed E-state index contributed by atoms with van der Waals surface area (Å²) >= 11 is 0. The lowest BCUT2D eigenvalue weighted by Crippen LogP contribution is -2.44. The van der Waals surface area contributed by atoms with Gasteiger partial charge in [0.05, 0.1) is 23.1 Å². The zero-order valence-corrected chi connectivity index (χ0v) is 25.5. The van der Waals surface area contributed by atoms with Crippen molar-refractivity contribution in [1.82, 2.24) is 19.4 Å². The highest BCUT2D eigenvalue weighted by Crippen LogP contribution is 2.31. The first-order valence-electron chi connectivity index (χ1n) is 15.1. The van der Waals surface area contributed by atoms with E-state index in [2.05, 4.69) is 32.4 Å². The maximum Gasteiger partial charge on any atom is 0.243 e. The molecule has 3 heterocycles. The van der Waals surface area contributed by atoms with E-state index in [-0.39, 0.29) is 37.4 Å². The van der Waals surface area contributed by atoms with Crippen LogP contribution in [0.1, 0.15) is 53.0 Å². The van der Waals surface area contributed by atoms with Gasteiger partial charge < -0.3 is 20.2 Å². The zero-order valence-electron chi connectivity index (χ0n) is 24.7. The van der Waals surface area contributed by atoms with E-state index in [4.69, 9.17) is 0 Å². The number of aliphatic hydroxyl groups excluding tert-OH is 1. The molecule has 0 bridgehead atoms. The van der Waals surface area contributed by atoms with Crippen molar-refractivity contribution < 1.29 is 27.1 Å². The first-order chi connectivity index (χ1) is 21.1. The molecule has 0 amide bonds. The number of nitrogens with zero attached hydrogens (tertiary/aromatic N) is 4. The molecule has 0 radical (unpaired) electrons. The van der Waals surface area contributed by atoms with E-state index in [1.165, 1.54) is 4.31 Å². The number of Topliss-reactive ketones (excluding diaryl/α,β-unsaturated/α-hetero) is 1. The maximum atomic E-state index is 13.8. The van der Waals surface area contributed by atoms with Crippen molar-refractivity contribution in [1.29, 1.82) is 0 Å². The van der Waals surface area contributed by atoms with Gasteiger partial charge >= 0.3 is 0 Å². The minimum Gasteiger partial charge on any atom is -0.393 e. The monoisotopic (exact) mass is 628 g/mol. The number of hydrogen-bond acceptors (Lipinski definition) is 8. The fraction of sp³-hybridized carbons (Fsp3) is 0.484. The molecule has 3 aliphatic rings. The standard InChI is InChI=1S/C31H38F2N6O4S/c1-37-10-12-38(13-11-37)23-4-7-26(29(17-23)34-22-2-5-24(40)6-3-22)31(41)18-30-27-19-39(9-8-28(27)35-36-30)44(42,43)25-15-20(32)14-21(33)16-25/h4,7,14-17,22,24,34,40H,2-3,5-6,8-13,18-19H2,1H3,(H,35,36). The van der Waals surface area contributed by atoms with Crippen LogP contribution < -0.4 is 10.2 Å². The molecule has 1 aliphatic carbocycles. The normalized spacial score (nSPS) is 21.7. The molecule has 236 valence electrons. The molecule has 1 saturated heterocycles. The van der Waals surface area contributed by atoms with Crippen LogP contribution in [0.15, 0.2) is 41.3 Å². The second-order valence-electron chi connectivity index (χ2n) is 12.1. The van der Waals surface area contributed by atoms with Crippen molar-refractivity contribution in [2.24, 2.45) is 0 Å². The Kier molecular flexibility index (Phi) is 8.73. The SMILES string of the molecule is CN1CCN(c2ccc(C(=O)Cc3n[nH]c4c3CN(S(=O)(=O)c3cc(F)cc(F)c3)CC4)c(NC3CCC(O)CC3)c2)CC1. The number of likely N-dealkylation sites (N-methyl/N-ethyl adjacent to an activating group) is 1. The number of carbonyl (C=O) groups excluding carboxylic acids is 1. The van der Waals surface area contributed by atoms with Gasteiger partial charge in [-0.2, -0.15) is 9.40 Å². The third-order valence-electron chi connectivity index (χ3n) is 9.01. The number of ketones is 1. The number of H-pyrrole nitrogens is 1. The molecule has 1 saturated carbocycles. The van der Waals surface area contributed by atoms with Crippen LogP contribution in [0.5, 0.6) is 0 Å². The number of anilines is 2. The van der Waals surface area contributed by atoms with Gasteiger partial charge in [0.1, 0.15) is 11.6 Å². The Morgan fingerprint density at radius 3 is 2.43 bits per heavy atom. The van der Waals surface area contributed by atoms with Gasteiger partial charge in [-0.3, -0.25) is 9.89 Å². The maximum absolute atomic E-state index is 13.8. The van der Waals surface area contributed by atoms with E-state index < -0.39 is 26.6 Å². The van der Waals surface area contributed by atoms with Gasteiger partial charge in [-0.1, -0.05) is 0 Å². The molecule has 6 rings (SSSR count). The van der Waals surface area contributed by atoms with Crippen molar-refractivity contribution in [2.75, 3.05) is 50.0 Å². The summed E-state index contributed by atoms with van der Waals surface area (Å²) in [7, 11) is -2.08. The first kappa shape index (κ1) is 30.6. The van der Waals surface area contributed by atoms with Crippen molar-refractivity contribution in [3.8, 4) is 0 Å². The molecule has 13 heteroatoms. The summed E-state index contributed by atoms with van der Waals surface area (Å²) in [5.41, 5.74) is 4.12. The molecule has 2 aromatic carbocycles. The summed E-state index contributed by atoms with van der Waals surface area (Å²) < 4.78 is 55.4. The van der Waals surface area contributed by atoms with E-state index in [0.29, 0.717) is 42.1 Å². The fourth-order valence-electron chi connectivity index (χ4n) is 6.35. The Hall–Kier alpha value is -3.39. The number of piperazine rings is 1. The lowest BCUT2D eigenvalue weighted by molar-refractivity contribution is 0.0991. The Labute approximate surface area is 256 Å². The van der Waals surface area contributed by atoms with E-state index in [1.807, 2.05) is 18.2 Å². The van der Waals surface area contributed by atoms with Gasteiger partial charge in [0.25, 0.3) is 0 Å². The van der Waals surface area contributed by atoms with Crippen molar-refractivity contribution in [3.63, 3.8) is 0 Å². The highest BCUT2D eigenvalue weighted by atomic mass is 32.2. The molecule has 1 aromatic heterocycles. The van der Waals surface area contributed by atoms with Crippen LogP contribution >= 0.6 is 0 Å². The summed E-state index contributed by atoms with van der Waals surface area (Å²) in [5, 5.41) is 20.9. The van der Waals surface area contributed by atoms with Crippen LogP contribution in [0.2, 0.25) is 0 Å². The van der Waals surface area contributed by atoms with Crippen molar-refractivity contribution in [2.45, 2.75) is 62.1 Å². The highest BCUT2D eigenvalue weighted by molar-refractivity contribution is 7.89. The number of sulfonamides is 1. The van der Waals surface area contributed by atoms with E-state index in [9.17, 15) is 27.1 Å². The molecule has 44 heavy (non-hydrogen) atoms. The highest BCUT2D eigenvalue weighted by Gasteiger charge is 2.32. The lowest BCUT2D eigenvalue weighted by atomic mass is 9.92. The second-order valence-corrected chi connectivity index (χ2v) is 14.0. The topological polar surface area (TPSA) is 122 Å². The Morgan fingerprint density at radius 2 is 1.73 bits per heavy atom. The van der Waals surface area contributed by atoms with Crippen molar-refractivity contribution >= 4 is 27.2 Å². The number of aliphatic hydroxyl groups is 1. The smallest absolute Gasteiger partial charge is 0.243 e. The number of carbonyl (C=O) groups is 1. The fourth-order valence-corrected chi connectivity index (χ4v) is 7.80. The molecule has 0 spiro atoms. The van der Waals surface area contributed by atoms with Gasteiger partial charge in [0.2, 0.25) is 10.0 Å². The van der Waals surface area contributed by atoms with Crippen LogP contribution in [0.3, 0.4) is 0 Å². The van der Waals surface area contributed by atoms with E-state index in [0.717, 1.165) is 68.2 Å². The predicted octanol–water partition coefficient (Wildman–Crippen LogP) is 3.33. The summed E-state index contributed by atoms with van der Waals surface area (Å²) in [4.78, 5) is 18.0.